The first-order chi connectivity index (χ1) is 5.90. The molecule has 0 N–H and O–H groups in total. The third-order valence-electron chi connectivity index (χ3n) is 1.65. The van der Waals surface area contributed by atoms with Crippen molar-refractivity contribution in [1.29, 1.82) is 0 Å². The van der Waals surface area contributed by atoms with Gasteiger partial charge < -0.3 is 0 Å². The number of benzene rings is 1. The van der Waals surface area contributed by atoms with Crippen LogP contribution in [-0.2, 0) is 6.42 Å². The van der Waals surface area contributed by atoms with Gasteiger partial charge >= 0.3 is 0 Å². The van der Waals surface area contributed by atoms with E-state index in [2.05, 4.69) is 11.1 Å². The van der Waals surface area contributed by atoms with Gasteiger partial charge in [-0.05, 0) is 12.1 Å². The summed E-state index contributed by atoms with van der Waals surface area (Å²) in [4.78, 5) is 4.44. The second-order valence-electron chi connectivity index (χ2n) is 2.51. The van der Waals surface area contributed by atoms with Crippen LogP contribution in [0.15, 0.2) is 24.3 Å². The molecule has 2 aromatic rings. The van der Waals surface area contributed by atoms with E-state index >= 15 is 0 Å². The van der Waals surface area contributed by atoms with Crippen LogP contribution in [0.4, 0.5) is 0 Å². The van der Waals surface area contributed by atoms with Crippen molar-refractivity contribution in [1.82, 2.24) is 4.98 Å². The number of alkyl halides is 1. The molecule has 0 unspecified atom stereocenters. The number of nitrogens with zero attached hydrogens (tertiary/aromatic N) is 1. The monoisotopic (exact) mass is 197 g/mol. The summed E-state index contributed by atoms with van der Waals surface area (Å²) in [5.74, 6) is 0.653. The largest absolute Gasteiger partial charge is 0.241 e. The molecule has 1 nitrogen and oxygen atoms in total. The highest BCUT2D eigenvalue weighted by molar-refractivity contribution is 7.18. The molecular weight excluding hydrogens is 190 g/mol. The minimum atomic E-state index is 0.653. The molecule has 0 radical (unpaired) electrons. The first kappa shape index (κ1) is 8.02. The Morgan fingerprint density at radius 1 is 1.33 bits per heavy atom. The third-order valence-corrected chi connectivity index (χ3v) is 2.93. The molecule has 1 heterocycles. The molecular formula is C9H8ClNS. The zero-order valence-corrected chi connectivity index (χ0v) is 8.03. The predicted molar refractivity (Wildman–Crippen MR) is 54.0 cm³/mol. The Bertz CT molecular complexity index is 350. The lowest BCUT2D eigenvalue weighted by Gasteiger charge is -1.83. The fraction of sp³-hybridized carbons (Fsp3) is 0.222. The van der Waals surface area contributed by atoms with Crippen LogP contribution in [0.2, 0.25) is 0 Å². The number of rotatable bonds is 2. The minimum absolute atomic E-state index is 0.653. The van der Waals surface area contributed by atoms with Gasteiger partial charge in [0.25, 0.3) is 0 Å². The van der Waals surface area contributed by atoms with Gasteiger partial charge in [0.2, 0.25) is 0 Å². The van der Waals surface area contributed by atoms with E-state index in [0.29, 0.717) is 5.88 Å². The van der Waals surface area contributed by atoms with E-state index < -0.39 is 0 Å². The highest BCUT2D eigenvalue weighted by Crippen LogP contribution is 2.21. The number of thiazole rings is 1. The van der Waals surface area contributed by atoms with E-state index in [1.54, 1.807) is 11.3 Å². The Balaban J connectivity index is 2.47. The van der Waals surface area contributed by atoms with Crippen molar-refractivity contribution >= 4 is 33.2 Å². The Hall–Kier alpha value is -0.600. The lowest BCUT2D eigenvalue weighted by atomic mass is 10.3. The van der Waals surface area contributed by atoms with E-state index in [1.165, 1.54) is 4.70 Å². The molecule has 2 rings (SSSR count). The highest BCUT2D eigenvalue weighted by Gasteiger charge is 2.00. The summed E-state index contributed by atoms with van der Waals surface area (Å²) in [7, 11) is 0. The van der Waals surface area contributed by atoms with Crippen LogP contribution in [0.1, 0.15) is 5.01 Å². The number of hydrogen-bond donors (Lipinski definition) is 0. The molecule has 0 atom stereocenters. The van der Waals surface area contributed by atoms with Crippen LogP contribution in [0, 0.1) is 0 Å². The Labute approximate surface area is 80.0 Å². The summed E-state index contributed by atoms with van der Waals surface area (Å²) >= 11 is 7.36. The summed E-state index contributed by atoms with van der Waals surface area (Å²) in [6.45, 7) is 0. The fourth-order valence-corrected chi connectivity index (χ4v) is 2.37. The van der Waals surface area contributed by atoms with E-state index in [4.69, 9.17) is 11.6 Å². The topological polar surface area (TPSA) is 12.9 Å². The Morgan fingerprint density at radius 2 is 2.17 bits per heavy atom. The molecule has 0 bridgehead atoms. The normalized spacial score (nSPS) is 10.8. The van der Waals surface area contributed by atoms with Crippen LogP contribution < -0.4 is 0 Å². The average Bonchev–Trinajstić information content (AvgIpc) is 2.47. The van der Waals surface area contributed by atoms with Gasteiger partial charge in [-0.1, -0.05) is 12.1 Å². The molecule has 0 saturated heterocycles. The first-order valence-electron chi connectivity index (χ1n) is 3.80. The van der Waals surface area contributed by atoms with Crippen LogP contribution in [0.3, 0.4) is 0 Å². The van der Waals surface area contributed by atoms with Gasteiger partial charge in [0.05, 0.1) is 15.2 Å². The van der Waals surface area contributed by atoms with E-state index in [0.717, 1.165) is 16.9 Å². The number of fused-ring (bicyclic) bond motifs is 1. The maximum Gasteiger partial charge on any atom is 0.0950 e. The van der Waals surface area contributed by atoms with Gasteiger partial charge in [-0.25, -0.2) is 4.98 Å². The molecule has 12 heavy (non-hydrogen) atoms. The summed E-state index contributed by atoms with van der Waals surface area (Å²) < 4.78 is 1.25. The highest BCUT2D eigenvalue weighted by atomic mass is 35.5. The standard InChI is InChI=1S/C9H8ClNS/c10-6-5-9-11-7-3-1-2-4-8(7)12-9/h1-4H,5-6H2. The molecule has 62 valence electrons. The van der Waals surface area contributed by atoms with Crippen molar-refractivity contribution in [2.24, 2.45) is 0 Å². The Kier molecular flexibility index (Phi) is 2.28. The van der Waals surface area contributed by atoms with E-state index in [-0.39, 0.29) is 0 Å². The molecule has 0 aliphatic carbocycles. The van der Waals surface area contributed by atoms with Gasteiger partial charge in [0.15, 0.2) is 0 Å². The van der Waals surface area contributed by atoms with Gasteiger partial charge in [-0.3, -0.25) is 0 Å². The van der Waals surface area contributed by atoms with Crippen LogP contribution >= 0.6 is 22.9 Å². The number of aryl methyl sites for hydroxylation is 1. The van der Waals surface area contributed by atoms with Crippen molar-refractivity contribution in [2.75, 3.05) is 5.88 Å². The quantitative estimate of drug-likeness (QED) is 0.675. The van der Waals surface area contributed by atoms with Gasteiger partial charge in [-0.15, -0.1) is 22.9 Å². The smallest absolute Gasteiger partial charge is 0.0950 e. The van der Waals surface area contributed by atoms with Crippen molar-refractivity contribution in [3.05, 3.63) is 29.3 Å². The SMILES string of the molecule is ClCCc1nc2ccccc2s1. The first-order valence-corrected chi connectivity index (χ1v) is 5.15. The molecule has 1 aromatic carbocycles. The number of halogens is 1. The third kappa shape index (κ3) is 1.45. The van der Waals surface area contributed by atoms with Crippen molar-refractivity contribution < 1.29 is 0 Å². The van der Waals surface area contributed by atoms with Crippen LogP contribution in [0.25, 0.3) is 10.2 Å². The lowest BCUT2D eigenvalue weighted by Crippen LogP contribution is -1.81. The second-order valence-corrected chi connectivity index (χ2v) is 4.01. The number of aromatic nitrogens is 1. The summed E-state index contributed by atoms with van der Waals surface area (Å²) in [6, 6.07) is 8.16. The van der Waals surface area contributed by atoms with Gasteiger partial charge in [0, 0.05) is 12.3 Å². The molecule has 0 spiro atoms. The summed E-state index contributed by atoms with van der Waals surface area (Å²) in [5, 5.41) is 1.13. The fourth-order valence-electron chi connectivity index (χ4n) is 1.11. The molecule has 3 heteroatoms. The van der Waals surface area contributed by atoms with Gasteiger partial charge in [0.1, 0.15) is 0 Å². The summed E-state index contributed by atoms with van der Waals surface area (Å²) in [5.41, 5.74) is 1.09. The van der Waals surface area contributed by atoms with Crippen molar-refractivity contribution in [3.63, 3.8) is 0 Å². The maximum absolute atomic E-state index is 5.63. The molecule has 0 amide bonds. The molecule has 0 aliphatic rings. The summed E-state index contributed by atoms with van der Waals surface area (Å²) in [6.07, 6.45) is 0.876. The van der Waals surface area contributed by atoms with Crippen molar-refractivity contribution in [2.45, 2.75) is 6.42 Å². The number of para-hydroxylation sites is 1. The maximum atomic E-state index is 5.63. The zero-order valence-electron chi connectivity index (χ0n) is 6.46. The molecule has 0 aliphatic heterocycles. The predicted octanol–water partition coefficient (Wildman–Crippen LogP) is 3.08. The van der Waals surface area contributed by atoms with Crippen LogP contribution in [0.5, 0.6) is 0 Å². The van der Waals surface area contributed by atoms with E-state index in [9.17, 15) is 0 Å². The van der Waals surface area contributed by atoms with Crippen LogP contribution in [-0.4, -0.2) is 10.9 Å². The van der Waals surface area contributed by atoms with E-state index in [1.807, 2.05) is 18.2 Å². The molecule has 0 fully saturated rings. The molecule has 0 saturated carbocycles. The Morgan fingerprint density at radius 3 is 2.92 bits per heavy atom. The zero-order chi connectivity index (χ0) is 8.39. The average molecular weight is 198 g/mol. The molecule has 1 aromatic heterocycles. The van der Waals surface area contributed by atoms with Crippen molar-refractivity contribution in [3.8, 4) is 0 Å². The van der Waals surface area contributed by atoms with Gasteiger partial charge in [-0.2, -0.15) is 0 Å². The number of hydrogen-bond acceptors (Lipinski definition) is 2. The lowest BCUT2D eigenvalue weighted by molar-refractivity contribution is 1.12. The second kappa shape index (κ2) is 3.42. The minimum Gasteiger partial charge on any atom is -0.241 e.